The highest BCUT2D eigenvalue weighted by molar-refractivity contribution is 7.09. The van der Waals surface area contributed by atoms with Crippen LogP contribution in [0.1, 0.15) is 11.8 Å². The van der Waals surface area contributed by atoms with Gasteiger partial charge in [-0.15, -0.1) is 11.3 Å². The maximum Gasteiger partial charge on any atom is 0.0327 e. The summed E-state index contributed by atoms with van der Waals surface area (Å²) in [5, 5.41) is 5.49. The standard InChI is InChI=1S/C11H18N2S/c1-2-13(8-10-6-12-7-10)9-11-4-3-5-14-11/h3-5,10,12H,2,6-9H2,1H3. The molecular formula is C11H18N2S. The molecule has 0 aliphatic carbocycles. The number of thiophene rings is 1. The average molecular weight is 210 g/mol. The van der Waals surface area contributed by atoms with Crippen molar-refractivity contribution in [1.29, 1.82) is 0 Å². The molecule has 0 atom stereocenters. The highest BCUT2D eigenvalue weighted by Gasteiger charge is 2.19. The lowest BCUT2D eigenvalue weighted by Gasteiger charge is -2.32. The van der Waals surface area contributed by atoms with Crippen molar-refractivity contribution in [3.8, 4) is 0 Å². The number of nitrogens with zero attached hydrogens (tertiary/aromatic N) is 1. The third-order valence-corrected chi connectivity index (χ3v) is 3.65. The molecule has 0 aromatic carbocycles. The lowest BCUT2D eigenvalue weighted by molar-refractivity contribution is 0.195. The maximum atomic E-state index is 3.33. The quantitative estimate of drug-likeness (QED) is 0.797. The van der Waals surface area contributed by atoms with E-state index in [1.54, 1.807) is 0 Å². The molecule has 2 nitrogen and oxygen atoms in total. The predicted octanol–water partition coefficient (Wildman–Crippen LogP) is 1.79. The fourth-order valence-corrected chi connectivity index (χ4v) is 2.52. The van der Waals surface area contributed by atoms with Gasteiger partial charge in [-0.05, 0) is 23.9 Å². The summed E-state index contributed by atoms with van der Waals surface area (Å²) in [6.45, 7) is 8.21. The van der Waals surface area contributed by atoms with Crippen LogP contribution in [0.4, 0.5) is 0 Å². The van der Waals surface area contributed by atoms with Gasteiger partial charge in [0.15, 0.2) is 0 Å². The largest absolute Gasteiger partial charge is 0.316 e. The maximum absolute atomic E-state index is 3.33. The Balaban J connectivity index is 1.80. The van der Waals surface area contributed by atoms with Crippen LogP contribution in [-0.2, 0) is 6.54 Å². The minimum atomic E-state index is 0.884. The molecule has 1 aromatic rings. The Morgan fingerprint density at radius 1 is 1.57 bits per heavy atom. The molecule has 3 heteroatoms. The molecule has 1 aliphatic rings. The van der Waals surface area contributed by atoms with E-state index >= 15 is 0 Å². The summed E-state index contributed by atoms with van der Waals surface area (Å²) in [4.78, 5) is 4.02. The predicted molar refractivity (Wildman–Crippen MR) is 61.6 cm³/mol. The van der Waals surface area contributed by atoms with Crippen LogP contribution >= 0.6 is 11.3 Å². The minimum absolute atomic E-state index is 0.884. The van der Waals surface area contributed by atoms with Gasteiger partial charge < -0.3 is 5.32 Å². The van der Waals surface area contributed by atoms with Gasteiger partial charge in [0.1, 0.15) is 0 Å². The van der Waals surface area contributed by atoms with E-state index in [-0.39, 0.29) is 0 Å². The van der Waals surface area contributed by atoms with Crippen molar-refractivity contribution in [3.05, 3.63) is 22.4 Å². The average Bonchev–Trinajstić information content (AvgIpc) is 2.61. The number of hydrogen-bond acceptors (Lipinski definition) is 3. The summed E-state index contributed by atoms with van der Waals surface area (Å²) in [6, 6.07) is 4.37. The molecule has 1 fully saturated rings. The molecule has 1 saturated heterocycles. The molecule has 0 unspecified atom stereocenters. The van der Waals surface area contributed by atoms with Crippen molar-refractivity contribution in [1.82, 2.24) is 10.2 Å². The molecule has 2 rings (SSSR count). The smallest absolute Gasteiger partial charge is 0.0327 e. The Bertz CT molecular complexity index is 254. The van der Waals surface area contributed by atoms with E-state index in [1.807, 2.05) is 11.3 Å². The number of rotatable bonds is 5. The van der Waals surface area contributed by atoms with E-state index in [0.29, 0.717) is 0 Å². The molecule has 0 spiro atoms. The van der Waals surface area contributed by atoms with Crippen molar-refractivity contribution < 1.29 is 0 Å². The zero-order valence-electron chi connectivity index (χ0n) is 8.70. The van der Waals surface area contributed by atoms with Crippen LogP contribution in [0.15, 0.2) is 17.5 Å². The minimum Gasteiger partial charge on any atom is -0.316 e. The van der Waals surface area contributed by atoms with Gasteiger partial charge in [-0.3, -0.25) is 4.90 Å². The van der Waals surface area contributed by atoms with Gasteiger partial charge in [0.25, 0.3) is 0 Å². The molecule has 1 aromatic heterocycles. The van der Waals surface area contributed by atoms with Crippen molar-refractivity contribution in [3.63, 3.8) is 0 Å². The number of nitrogens with one attached hydrogen (secondary N) is 1. The van der Waals surface area contributed by atoms with E-state index in [0.717, 1.165) is 19.0 Å². The van der Waals surface area contributed by atoms with Crippen molar-refractivity contribution in [2.75, 3.05) is 26.2 Å². The molecule has 14 heavy (non-hydrogen) atoms. The molecule has 78 valence electrons. The topological polar surface area (TPSA) is 15.3 Å². The fourth-order valence-electron chi connectivity index (χ4n) is 1.77. The van der Waals surface area contributed by atoms with E-state index in [2.05, 4.69) is 34.7 Å². The highest BCUT2D eigenvalue weighted by atomic mass is 32.1. The van der Waals surface area contributed by atoms with Gasteiger partial charge in [0, 0.05) is 31.1 Å². The fraction of sp³-hybridized carbons (Fsp3) is 0.636. The summed E-state index contributed by atoms with van der Waals surface area (Å²) in [6.07, 6.45) is 0. The van der Waals surface area contributed by atoms with Crippen LogP contribution in [0.3, 0.4) is 0 Å². The van der Waals surface area contributed by atoms with Gasteiger partial charge in [-0.1, -0.05) is 13.0 Å². The molecule has 1 N–H and O–H groups in total. The molecule has 0 amide bonds. The Morgan fingerprint density at radius 3 is 2.93 bits per heavy atom. The molecule has 0 bridgehead atoms. The van der Waals surface area contributed by atoms with Crippen molar-refractivity contribution in [2.24, 2.45) is 5.92 Å². The summed E-state index contributed by atoms with van der Waals surface area (Å²) in [7, 11) is 0. The first kappa shape index (κ1) is 10.1. The molecule has 0 radical (unpaired) electrons. The zero-order chi connectivity index (χ0) is 9.80. The first-order valence-corrected chi connectivity index (χ1v) is 6.22. The molecular weight excluding hydrogens is 192 g/mol. The van der Waals surface area contributed by atoms with Gasteiger partial charge in [-0.2, -0.15) is 0 Å². The van der Waals surface area contributed by atoms with Crippen LogP contribution < -0.4 is 5.32 Å². The van der Waals surface area contributed by atoms with Crippen LogP contribution in [-0.4, -0.2) is 31.1 Å². The van der Waals surface area contributed by atoms with E-state index in [9.17, 15) is 0 Å². The monoisotopic (exact) mass is 210 g/mol. The third kappa shape index (κ3) is 2.56. The van der Waals surface area contributed by atoms with Crippen LogP contribution in [0.25, 0.3) is 0 Å². The van der Waals surface area contributed by atoms with Gasteiger partial charge in [0.2, 0.25) is 0 Å². The molecule has 0 saturated carbocycles. The lowest BCUT2D eigenvalue weighted by Crippen LogP contribution is -2.48. The van der Waals surface area contributed by atoms with E-state index in [4.69, 9.17) is 0 Å². The van der Waals surface area contributed by atoms with Gasteiger partial charge >= 0.3 is 0 Å². The molecule has 2 heterocycles. The Morgan fingerprint density at radius 2 is 2.43 bits per heavy atom. The Kier molecular flexibility index (Phi) is 3.56. The SMILES string of the molecule is CCN(Cc1cccs1)CC1CNC1. The highest BCUT2D eigenvalue weighted by Crippen LogP contribution is 2.14. The van der Waals surface area contributed by atoms with Crippen molar-refractivity contribution in [2.45, 2.75) is 13.5 Å². The second-order valence-electron chi connectivity index (χ2n) is 3.93. The van der Waals surface area contributed by atoms with E-state index in [1.165, 1.54) is 24.5 Å². The summed E-state index contributed by atoms with van der Waals surface area (Å²) in [5.41, 5.74) is 0. The summed E-state index contributed by atoms with van der Waals surface area (Å²) < 4.78 is 0. The van der Waals surface area contributed by atoms with E-state index < -0.39 is 0 Å². The first-order chi connectivity index (χ1) is 6.88. The first-order valence-electron chi connectivity index (χ1n) is 5.34. The third-order valence-electron chi connectivity index (χ3n) is 2.79. The van der Waals surface area contributed by atoms with Gasteiger partial charge in [0.05, 0.1) is 0 Å². The van der Waals surface area contributed by atoms with Crippen LogP contribution in [0.5, 0.6) is 0 Å². The summed E-state index contributed by atoms with van der Waals surface area (Å²) in [5.74, 6) is 0.884. The lowest BCUT2D eigenvalue weighted by atomic mass is 10.0. The van der Waals surface area contributed by atoms with Crippen molar-refractivity contribution >= 4 is 11.3 Å². The van der Waals surface area contributed by atoms with Crippen LogP contribution in [0.2, 0.25) is 0 Å². The normalized spacial score (nSPS) is 17.3. The zero-order valence-corrected chi connectivity index (χ0v) is 9.52. The Labute approximate surface area is 89.9 Å². The second-order valence-corrected chi connectivity index (χ2v) is 4.96. The summed E-state index contributed by atoms with van der Waals surface area (Å²) >= 11 is 1.86. The Hall–Kier alpha value is -0.380. The molecule has 1 aliphatic heterocycles. The van der Waals surface area contributed by atoms with Crippen LogP contribution in [0, 0.1) is 5.92 Å². The van der Waals surface area contributed by atoms with Gasteiger partial charge in [-0.25, -0.2) is 0 Å². The second kappa shape index (κ2) is 4.91. The number of hydrogen-bond donors (Lipinski definition) is 1.